The first-order valence-electron chi connectivity index (χ1n) is 20.0. The van der Waals surface area contributed by atoms with Gasteiger partial charge in [0.2, 0.25) is 0 Å². The van der Waals surface area contributed by atoms with Gasteiger partial charge >= 0.3 is 0 Å². The third-order valence-electron chi connectivity index (χ3n) is 12.2. The molecule has 0 saturated heterocycles. The molecule has 278 valence electrons. The molecule has 10 aromatic rings. The maximum Gasteiger partial charge on any atom is 0.134 e. The summed E-state index contributed by atoms with van der Waals surface area (Å²) >= 11 is 0. The normalized spacial score (nSPS) is 17.2. The lowest BCUT2D eigenvalue weighted by molar-refractivity contribution is 0.0609. The number of para-hydroxylation sites is 4. The molecule has 0 spiro atoms. The molecule has 0 bridgehead atoms. The molecule has 0 aliphatic carbocycles. The van der Waals surface area contributed by atoms with Crippen molar-refractivity contribution in [3.8, 4) is 22.5 Å². The van der Waals surface area contributed by atoms with Crippen molar-refractivity contribution in [3.63, 3.8) is 0 Å². The van der Waals surface area contributed by atoms with Crippen LogP contribution in [-0.2, 0) is 5.66 Å². The molecule has 0 amide bonds. The first-order chi connectivity index (χ1) is 28.6. The number of amidine groups is 1. The molecule has 1 aliphatic rings. The fourth-order valence-electron chi connectivity index (χ4n) is 9.28. The van der Waals surface area contributed by atoms with Crippen LogP contribution in [0.1, 0.15) is 29.8 Å². The second kappa shape index (κ2) is 13.5. The Morgan fingerprint density at radius 3 is 1.74 bits per heavy atom. The highest BCUT2D eigenvalue weighted by atomic mass is 15.4. The van der Waals surface area contributed by atoms with E-state index < -0.39 is 5.66 Å². The molecule has 11 rings (SSSR count). The number of nitrogens with zero attached hydrogens (tertiary/aromatic N) is 4. The SMILES string of the molecule is CN1C(c2ccc(-c3ccc4c(c3)c3ccccc3n4-c3ccccc3)c3c4ccccc4n(-c4ccccc4)c23)N=C(c2ccccc2)NC1(C)c1ccccc1. The molecule has 1 N–H and O–H groups in total. The van der Waals surface area contributed by atoms with Gasteiger partial charge in [-0.1, -0.05) is 152 Å². The summed E-state index contributed by atoms with van der Waals surface area (Å²) in [4.78, 5) is 7.99. The minimum atomic E-state index is -0.564. The number of benzene rings is 8. The van der Waals surface area contributed by atoms with Crippen molar-refractivity contribution in [2.75, 3.05) is 7.05 Å². The number of nitrogens with one attached hydrogen (secondary N) is 1. The second-order valence-electron chi connectivity index (χ2n) is 15.4. The molecule has 5 heteroatoms. The van der Waals surface area contributed by atoms with Gasteiger partial charge < -0.3 is 14.5 Å². The average molecular weight is 748 g/mol. The molecule has 2 unspecified atom stereocenters. The molecule has 2 atom stereocenters. The molecule has 3 heterocycles. The molecule has 0 radical (unpaired) electrons. The molecule has 2 aromatic heterocycles. The Labute approximate surface area is 337 Å². The molecule has 8 aromatic carbocycles. The zero-order valence-electron chi connectivity index (χ0n) is 32.4. The molecule has 0 fully saturated rings. The summed E-state index contributed by atoms with van der Waals surface area (Å²) in [5.41, 5.74) is 12.1. The molecule has 1 aliphatic heterocycles. The Balaban J connectivity index is 1.21. The molecular weight excluding hydrogens is 707 g/mol. The molecular formula is C53H41N5. The van der Waals surface area contributed by atoms with Gasteiger partial charge in [-0.25, -0.2) is 4.99 Å². The Morgan fingerprint density at radius 1 is 0.500 bits per heavy atom. The van der Waals surface area contributed by atoms with Crippen LogP contribution in [0.2, 0.25) is 0 Å². The third kappa shape index (κ3) is 5.24. The van der Waals surface area contributed by atoms with Crippen LogP contribution >= 0.6 is 0 Å². The van der Waals surface area contributed by atoms with Gasteiger partial charge in [0.05, 0.1) is 22.1 Å². The molecule has 58 heavy (non-hydrogen) atoms. The predicted octanol–water partition coefficient (Wildman–Crippen LogP) is 12.4. The van der Waals surface area contributed by atoms with Crippen LogP contribution in [0.3, 0.4) is 0 Å². The highest BCUT2D eigenvalue weighted by molar-refractivity contribution is 6.18. The van der Waals surface area contributed by atoms with Crippen molar-refractivity contribution in [1.29, 1.82) is 0 Å². The Morgan fingerprint density at radius 2 is 1.05 bits per heavy atom. The fraction of sp³-hybridized carbons (Fsp3) is 0.0755. The van der Waals surface area contributed by atoms with Crippen LogP contribution in [-0.4, -0.2) is 26.9 Å². The number of rotatable bonds is 6. The molecule has 5 nitrogen and oxygen atoms in total. The van der Waals surface area contributed by atoms with Crippen molar-refractivity contribution in [2.45, 2.75) is 18.8 Å². The van der Waals surface area contributed by atoms with Crippen molar-refractivity contribution in [2.24, 2.45) is 4.99 Å². The minimum absolute atomic E-state index is 0.323. The standard InChI is InChI=1S/C53H41N5/c1-53(38-21-9-4-10-22-38)55-51(36-19-7-3-8-20-36)54-52(56(53)2)44-33-32-41(49-43-28-16-18-30-47(43)58(50(44)49)40-25-13-6-14-26-40)37-31-34-48-45(35-37)42-27-15-17-29-46(42)57(48)39-23-11-5-12-24-39/h3-35,52H,1-2H3,(H,54,55). The quantitative estimate of drug-likeness (QED) is 0.184. The van der Waals surface area contributed by atoms with E-state index in [0.717, 1.165) is 39.4 Å². The van der Waals surface area contributed by atoms with E-state index in [-0.39, 0.29) is 6.17 Å². The van der Waals surface area contributed by atoms with Crippen molar-refractivity contribution < 1.29 is 0 Å². The Bertz CT molecular complexity index is 3160. The number of hydrogen-bond acceptors (Lipinski definition) is 3. The summed E-state index contributed by atoms with van der Waals surface area (Å²) in [5, 5.41) is 8.78. The number of fused-ring (bicyclic) bond motifs is 6. The van der Waals surface area contributed by atoms with Gasteiger partial charge in [0.25, 0.3) is 0 Å². The summed E-state index contributed by atoms with van der Waals surface area (Å²) in [6.07, 6.45) is -0.323. The molecule has 0 saturated carbocycles. The van der Waals surface area contributed by atoms with Crippen LogP contribution < -0.4 is 5.32 Å². The average Bonchev–Trinajstić information content (AvgIpc) is 3.82. The highest BCUT2D eigenvalue weighted by Crippen LogP contribution is 2.46. The second-order valence-corrected chi connectivity index (χ2v) is 15.4. The topological polar surface area (TPSA) is 37.5 Å². The number of hydrogen-bond donors (Lipinski definition) is 1. The first-order valence-corrected chi connectivity index (χ1v) is 20.0. The van der Waals surface area contributed by atoms with E-state index >= 15 is 0 Å². The Hall–Kier alpha value is -7.21. The highest BCUT2D eigenvalue weighted by Gasteiger charge is 2.42. The van der Waals surface area contributed by atoms with Crippen LogP contribution in [0.4, 0.5) is 0 Å². The van der Waals surface area contributed by atoms with Gasteiger partial charge in [0.1, 0.15) is 17.7 Å². The van der Waals surface area contributed by atoms with E-state index in [9.17, 15) is 0 Å². The van der Waals surface area contributed by atoms with Gasteiger partial charge in [-0.3, -0.25) is 4.90 Å². The number of aromatic nitrogens is 2. The Kier molecular flexibility index (Phi) is 7.92. The van der Waals surface area contributed by atoms with E-state index in [1.54, 1.807) is 0 Å². The summed E-state index contributed by atoms with van der Waals surface area (Å²) in [5.74, 6) is 0.870. The lowest BCUT2D eigenvalue weighted by Gasteiger charge is -2.47. The van der Waals surface area contributed by atoms with Gasteiger partial charge in [-0.15, -0.1) is 0 Å². The smallest absolute Gasteiger partial charge is 0.134 e. The summed E-state index contributed by atoms with van der Waals surface area (Å²) in [7, 11) is 2.20. The van der Waals surface area contributed by atoms with Crippen molar-refractivity contribution in [3.05, 3.63) is 217 Å². The summed E-state index contributed by atoms with van der Waals surface area (Å²) in [6, 6.07) is 72.0. The zero-order valence-corrected chi connectivity index (χ0v) is 32.4. The fourth-order valence-corrected chi connectivity index (χ4v) is 9.28. The first kappa shape index (κ1) is 34.1. The van der Waals surface area contributed by atoms with Gasteiger partial charge in [0.15, 0.2) is 0 Å². The minimum Gasteiger partial charge on any atom is -0.348 e. The van der Waals surface area contributed by atoms with E-state index in [1.807, 2.05) is 0 Å². The van der Waals surface area contributed by atoms with E-state index in [1.165, 1.54) is 49.3 Å². The van der Waals surface area contributed by atoms with E-state index in [2.05, 4.69) is 234 Å². The monoisotopic (exact) mass is 747 g/mol. The third-order valence-corrected chi connectivity index (χ3v) is 12.2. The van der Waals surface area contributed by atoms with Crippen molar-refractivity contribution >= 4 is 49.4 Å². The van der Waals surface area contributed by atoms with Gasteiger partial charge in [0, 0.05) is 44.0 Å². The van der Waals surface area contributed by atoms with Crippen LogP contribution in [0.5, 0.6) is 0 Å². The lowest BCUT2D eigenvalue weighted by atomic mass is 9.92. The van der Waals surface area contributed by atoms with Gasteiger partial charge in [-0.05, 0) is 79.2 Å². The van der Waals surface area contributed by atoms with Gasteiger partial charge in [-0.2, -0.15) is 0 Å². The van der Waals surface area contributed by atoms with E-state index in [4.69, 9.17) is 4.99 Å². The largest absolute Gasteiger partial charge is 0.348 e. The summed E-state index contributed by atoms with van der Waals surface area (Å²) in [6.45, 7) is 2.27. The van der Waals surface area contributed by atoms with Crippen molar-refractivity contribution in [1.82, 2.24) is 19.4 Å². The van der Waals surface area contributed by atoms with Crippen LogP contribution in [0.15, 0.2) is 205 Å². The maximum absolute atomic E-state index is 5.60. The summed E-state index contributed by atoms with van der Waals surface area (Å²) < 4.78 is 4.84. The van der Waals surface area contributed by atoms with Crippen LogP contribution in [0, 0.1) is 0 Å². The zero-order chi connectivity index (χ0) is 38.8. The van der Waals surface area contributed by atoms with E-state index in [0.29, 0.717) is 0 Å². The number of aliphatic imine (C=N–C) groups is 1. The predicted molar refractivity (Wildman–Crippen MR) is 241 cm³/mol. The maximum atomic E-state index is 5.60. The van der Waals surface area contributed by atoms with Crippen LogP contribution in [0.25, 0.3) is 66.1 Å². The lowest BCUT2D eigenvalue weighted by Crippen LogP contribution is -2.59.